The zero-order valence-electron chi connectivity index (χ0n) is 16.4. The normalized spacial score (nSPS) is 12.5. The van der Waals surface area contributed by atoms with Crippen LogP contribution in [0.5, 0.6) is 23.3 Å². The van der Waals surface area contributed by atoms with E-state index in [1.54, 1.807) is 36.4 Å². The highest BCUT2D eigenvalue weighted by Gasteiger charge is 2.15. The van der Waals surface area contributed by atoms with Crippen molar-refractivity contribution in [2.24, 2.45) is 0 Å². The Hall–Kier alpha value is -4.61. The number of aromatic nitrogens is 5. The molecule has 162 valence electrons. The van der Waals surface area contributed by atoms with E-state index in [9.17, 15) is 14.4 Å². The first-order valence-electron chi connectivity index (χ1n) is 9.58. The van der Waals surface area contributed by atoms with Gasteiger partial charge < -0.3 is 19.5 Å². The average molecular weight is 436 g/mol. The van der Waals surface area contributed by atoms with Crippen molar-refractivity contribution >= 4 is 22.6 Å². The Bertz CT molecular complexity index is 1410. The van der Waals surface area contributed by atoms with Gasteiger partial charge in [-0.1, -0.05) is 6.07 Å². The number of rotatable bonds is 5. The summed E-state index contributed by atoms with van der Waals surface area (Å²) in [7, 11) is 0. The second-order valence-corrected chi connectivity index (χ2v) is 6.89. The van der Waals surface area contributed by atoms with E-state index in [0.717, 1.165) is 5.56 Å². The van der Waals surface area contributed by atoms with Crippen molar-refractivity contribution in [2.45, 2.75) is 6.42 Å². The van der Waals surface area contributed by atoms with Gasteiger partial charge in [0.2, 0.25) is 5.91 Å². The topological polar surface area (TPSA) is 164 Å². The van der Waals surface area contributed by atoms with E-state index in [4.69, 9.17) is 14.2 Å². The number of nitrogens with one attached hydrogen (secondary N) is 4. The molecule has 0 saturated heterocycles. The molecular weight excluding hydrogens is 420 g/mol. The summed E-state index contributed by atoms with van der Waals surface area (Å²) in [6.45, 7) is 0.963. The zero-order valence-corrected chi connectivity index (χ0v) is 16.4. The number of fused-ring (bicyclic) bond motifs is 2. The van der Waals surface area contributed by atoms with Crippen LogP contribution in [0.25, 0.3) is 10.9 Å². The number of carbonyl (C=O) groups excluding carboxylic acids is 1. The fraction of sp³-hybridized carbons (Fsp3) is 0.150. The molecule has 1 aliphatic heterocycles. The number of hydrogen-bond donors (Lipinski definition) is 4. The minimum absolute atomic E-state index is 0.110. The Morgan fingerprint density at radius 2 is 1.91 bits per heavy atom. The van der Waals surface area contributed by atoms with Crippen molar-refractivity contribution in [2.75, 3.05) is 18.5 Å². The highest BCUT2D eigenvalue weighted by Crippen LogP contribution is 2.31. The molecule has 32 heavy (non-hydrogen) atoms. The highest BCUT2D eigenvalue weighted by molar-refractivity contribution is 6.00. The van der Waals surface area contributed by atoms with E-state index in [1.807, 2.05) is 4.98 Å². The molecule has 4 aromatic rings. The van der Waals surface area contributed by atoms with Gasteiger partial charge in [0.05, 0.1) is 11.9 Å². The van der Waals surface area contributed by atoms with Crippen LogP contribution in [0.2, 0.25) is 0 Å². The predicted octanol–water partition coefficient (Wildman–Crippen LogP) is 1.08. The first kappa shape index (κ1) is 19.4. The predicted molar refractivity (Wildman–Crippen MR) is 111 cm³/mol. The van der Waals surface area contributed by atoms with Gasteiger partial charge in [-0.3, -0.25) is 19.9 Å². The summed E-state index contributed by atoms with van der Waals surface area (Å²) in [5, 5.41) is 10.3. The van der Waals surface area contributed by atoms with Crippen LogP contribution in [-0.2, 0) is 11.2 Å². The first-order valence-corrected chi connectivity index (χ1v) is 9.58. The lowest BCUT2D eigenvalue weighted by atomic mass is 10.1. The molecule has 0 bridgehead atoms. The third-order valence-electron chi connectivity index (χ3n) is 4.62. The largest absolute Gasteiger partial charge is 0.486 e. The molecule has 3 heterocycles. The molecule has 2 aromatic carbocycles. The Balaban J connectivity index is 1.34. The highest BCUT2D eigenvalue weighted by atomic mass is 16.6. The number of amides is 1. The molecule has 2 aromatic heterocycles. The summed E-state index contributed by atoms with van der Waals surface area (Å²) in [6, 6.07) is 9.97. The lowest BCUT2D eigenvalue weighted by molar-refractivity contribution is -0.115. The number of ether oxygens (including phenoxy) is 3. The van der Waals surface area contributed by atoms with E-state index in [2.05, 4.69) is 25.5 Å². The maximum absolute atomic E-state index is 12.6. The first-order chi connectivity index (χ1) is 15.5. The Kier molecular flexibility index (Phi) is 4.78. The quantitative estimate of drug-likeness (QED) is 0.361. The van der Waals surface area contributed by atoms with Gasteiger partial charge in [0.15, 0.2) is 17.3 Å². The lowest BCUT2D eigenvalue weighted by Crippen LogP contribution is -2.24. The van der Waals surface area contributed by atoms with Crippen molar-refractivity contribution < 1.29 is 19.0 Å². The van der Waals surface area contributed by atoms with Gasteiger partial charge in [0, 0.05) is 5.39 Å². The van der Waals surface area contributed by atoms with Crippen LogP contribution >= 0.6 is 0 Å². The van der Waals surface area contributed by atoms with Crippen molar-refractivity contribution in [1.29, 1.82) is 0 Å². The summed E-state index contributed by atoms with van der Waals surface area (Å²) in [4.78, 5) is 43.1. The van der Waals surface area contributed by atoms with Crippen molar-refractivity contribution in [3.8, 4) is 23.3 Å². The van der Waals surface area contributed by atoms with Gasteiger partial charge in [-0.2, -0.15) is 5.10 Å². The molecule has 0 fully saturated rings. The maximum atomic E-state index is 12.6. The second-order valence-electron chi connectivity index (χ2n) is 6.89. The number of aromatic amines is 3. The van der Waals surface area contributed by atoms with Crippen molar-refractivity contribution in [3.63, 3.8) is 0 Å². The molecule has 5 rings (SSSR count). The Morgan fingerprint density at radius 3 is 2.75 bits per heavy atom. The molecule has 1 amide bonds. The number of H-pyrrole nitrogens is 3. The molecule has 12 heteroatoms. The molecule has 0 aliphatic carbocycles. The third kappa shape index (κ3) is 4.01. The molecule has 4 N–H and O–H groups in total. The molecule has 1 aliphatic rings. The third-order valence-corrected chi connectivity index (χ3v) is 4.62. The summed E-state index contributed by atoms with van der Waals surface area (Å²) in [5.41, 5.74) is -0.156. The van der Waals surface area contributed by atoms with Crippen molar-refractivity contribution in [1.82, 2.24) is 25.1 Å². The van der Waals surface area contributed by atoms with Crippen LogP contribution in [-0.4, -0.2) is 44.3 Å². The van der Waals surface area contributed by atoms with Crippen molar-refractivity contribution in [3.05, 3.63) is 62.9 Å². The standard InChI is InChI=1S/C20H16N6O6/c27-16(8-10-1-4-14-15(7-10)31-6-5-30-14)21-17-12-9-11(2-3-13(12)25-26-17)32-20-23-18(28)22-19(29)24-20/h1-4,7,9H,5-6,8H2,(H2,21,25,26,27)(H2,22,23,24,28,29). The fourth-order valence-electron chi connectivity index (χ4n) is 3.24. The molecule has 0 atom stereocenters. The van der Waals surface area contributed by atoms with Gasteiger partial charge in [-0.05, 0) is 35.9 Å². The molecule has 0 saturated carbocycles. The minimum Gasteiger partial charge on any atom is -0.486 e. The monoisotopic (exact) mass is 436 g/mol. The van der Waals surface area contributed by atoms with Crippen LogP contribution < -0.4 is 30.9 Å². The van der Waals surface area contributed by atoms with Crippen LogP contribution in [0.15, 0.2) is 46.0 Å². The van der Waals surface area contributed by atoms with Gasteiger partial charge in [-0.15, -0.1) is 4.98 Å². The van der Waals surface area contributed by atoms with Gasteiger partial charge >= 0.3 is 17.4 Å². The maximum Gasteiger partial charge on any atom is 0.353 e. The Morgan fingerprint density at radius 1 is 1.06 bits per heavy atom. The average Bonchev–Trinajstić information content (AvgIpc) is 3.15. The molecule has 12 nitrogen and oxygen atoms in total. The summed E-state index contributed by atoms with van der Waals surface area (Å²) < 4.78 is 16.5. The Labute approximate surface area is 178 Å². The summed E-state index contributed by atoms with van der Waals surface area (Å²) >= 11 is 0. The van der Waals surface area contributed by atoms with E-state index in [0.29, 0.717) is 41.4 Å². The summed E-state index contributed by atoms with van der Waals surface area (Å²) in [6.07, 6.45) is 0.110. The van der Waals surface area contributed by atoms with Crippen LogP contribution in [0.3, 0.4) is 0 Å². The van der Waals surface area contributed by atoms with Crippen LogP contribution in [0.4, 0.5) is 5.82 Å². The molecular formula is C20H16N6O6. The number of benzene rings is 2. The van der Waals surface area contributed by atoms with Crippen LogP contribution in [0, 0.1) is 0 Å². The SMILES string of the molecule is O=C(Cc1ccc2c(c1)OCCO2)Nc1n[nH]c2ccc(Oc3nc(=O)[nH]c(=O)[nH]3)cc12. The zero-order chi connectivity index (χ0) is 22.1. The molecule has 0 spiro atoms. The van der Waals surface area contributed by atoms with E-state index >= 15 is 0 Å². The number of nitrogens with zero attached hydrogens (tertiary/aromatic N) is 2. The summed E-state index contributed by atoms with van der Waals surface area (Å²) in [5.74, 6) is 1.58. The van der Waals surface area contributed by atoms with Gasteiger partial charge in [0.1, 0.15) is 19.0 Å². The number of hydrogen-bond acceptors (Lipinski definition) is 8. The number of anilines is 1. The minimum atomic E-state index is -0.833. The van der Waals surface area contributed by atoms with Gasteiger partial charge in [-0.25, -0.2) is 9.59 Å². The lowest BCUT2D eigenvalue weighted by Gasteiger charge is -2.18. The molecule has 0 radical (unpaired) electrons. The second kappa shape index (κ2) is 7.91. The van der Waals surface area contributed by atoms with E-state index in [1.165, 1.54) is 0 Å². The smallest absolute Gasteiger partial charge is 0.353 e. The number of carbonyl (C=O) groups is 1. The van der Waals surface area contributed by atoms with E-state index < -0.39 is 11.4 Å². The molecule has 0 unspecified atom stereocenters. The van der Waals surface area contributed by atoms with E-state index in [-0.39, 0.29) is 24.1 Å². The van der Waals surface area contributed by atoms with Crippen LogP contribution in [0.1, 0.15) is 5.56 Å². The fourth-order valence-corrected chi connectivity index (χ4v) is 3.24. The van der Waals surface area contributed by atoms with Gasteiger partial charge in [0.25, 0.3) is 0 Å².